The molecule has 0 radical (unpaired) electrons. The second-order valence-corrected chi connectivity index (χ2v) is 5.26. The number of nitrogens with two attached hydrogens (primary N) is 1. The topological polar surface area (TPSA) is 46.3 Å². The summed E-state index contributed by atoms with van der Waals surface area (Å²) in [5.74, 6) is -0.00666. The van der Waals surface area contributed by atoms with Crippen LogP contribution in [0.5, 0.6) is 0 Å². The third kappa shape index (κ3) is 5.08. The molecule has 22 heavy (non-hydrogen) atoms. The van der Waals surface area contributed by atoms with Gasteiger partial charge >= 0.3 is 0 Å². The molecule has 0 bridgehead atoms. The molecule has 2 rings (SSSR count). The van der Waals surface area contributed by atoms with E-state index in [4.69, 9.17) is 5.73 Å². The number of nitrogens with zero attached hydrogens (tertiary/aromatic N) is 1. The lowest BCUT2D eigenvalue weighted by Crippen LogP contribution is -2.28. The van der Waals surface area contributed by atoms with E-state index in [0.29, 0.717) is 11.3 Å². The van der Waals surface area contributed by atoms with E-state index < -0.39 is 0 Å². The second kappa shape index (κ2) is 9.11. The van der Waals surface area contributed by atoms with Gasteiger partial charge < -0.3 is 10.6 Å². The van der Waals surface area contributed by atoms with Gasteiger partial charge in [-0.1, -0.05) is 42.5 Å². The molecule has 0 aliphatic heterocycles. The van der Waals surface area contributed by atoms with E-state index in [1.807, 2.05) is 25.2 Å². The van der Waals surface area contributed by atoms with Crippen molar-refractivity contribution >= 4 is 24.0 Å². The lowest BCUT2D eigenvalue weighted by atomic mass is 10.1. The Bertz CT molecular complexity index is 587. The summed E-state index contributed by atoms with van der Waals surface area (Å²) in [7, 11) is 1.83. The van der Waals surface area contributed by atoms with Gasteiger partial charge in [0.25, 0.3) is 5.91 Å². The summed E-state index contributed by atoms with van der Waals surface area (Å²) < 4.78 is 0. The quantitative estimate of drug-likeness (QED) is 0.650. The first-order valence-corrected chi connectivity index (χ1v) is 7.32. The molecule has 118 valence electrons. The van der Waals surface area contributed by atoms with Crippen LogP contribution in [-0.4, -0.2) is 24.4 Å². The van der Waals surface area contributed by atoms with Crippen LogP contribution in [0, 0.1) is 0 Å². The number of anilines is 1. The number of unbranched alkanes of at least 4 members (excludes halogenated alkanes) is 1. The number of benzene rings is 2. The van der Waals surface area contributed by atoms with E-state index in [1.165, 1.54) is 5.56 Å². The Kier molecular flexibility index (Phi) is 7.47. The first-order valence-electron chi connectivity index (χ1n) is 7.32. The molecule has 2 aromatic rings. The Balaban J connectivity index is 0.00000242. The molecule has 0 aliphatic carbocycles. The van der Waals surface area contributed by atoms with Gasteiger partial charge in [0.1, 0.15) is 0 Å². The summed E-state index contributed by atoms with van der Waals surface area (Å²) in [6.45, 7) is 0.750. The molecule has 4 heteroatoms. The lowest BCUT2D eigenvalue weighted by Gasteiger charge is -2.18. The van der Waals surface area contributed by atoms with Gasteiger partial charge in [-0.3, -0.25) is 4.79 Å². The van der Waals surface area contributed by atoms with E-state index in [9.17, 15) is 4.79 Å². The van der Waals surface area contributed by atoms with Crippen LogP contribution in [0.15, 0.2) is 54.6 Å². The maximum absolute atomic E-state index is 12.3. The smallest absolute Gasteiger partial charge is 0.255 e. The number of amides is 1. The third-order valence-corrected chi connectivity index (χ3v) is 3.59. The number of hydrogen-bond donors (Lipinski definition) is 1. The summed E-state index contributed by atoms with van der Waals surface area (Å²) in [6, 6.07) is 17.6. The third-order valence-electron chi connectivity index (χ3n) is 3.59. The Labute approximate surface area is 138 Å². The first-order chi connectivity index (χ1) is 10.2. The molecular weight excluding hydrogens is 296 g/mol. The van der Waals surface area contributed by atoms with Crippen molar-refractivity contribution in [3.05, 3.63) is 65.7 Å². The van der Waals surface area contributed by atoms with Crippen LogP contribution in [0.4, 0.5) is 5.69 Å². The van der Waals surface area contributed by atoms with Crippen LogP contribution >= 0.6 is 12.4 Å². The highest BCUT2D eigenvalue weighted by molar-refractivity contribution is 5.98. The number of nitrogen functional groups attached to an aromatic ring is 1. The molecule has 0 saturated carbocycles. The van der Waals surface area contributed by atoms with Crippen molar-refractivity contribution in [1.29, 1.82) is 0 Å². The fraction of sp³-hybridized carbons (Fsp3) is 0.278. The first kappa shape index (κ1) is 18.1. The molecule has 0 spiro atoms. The van der Waals surface area contributed by atoms with Crippen LogP contribution < -0.4 is 5.73 Å². The van der Waals surface area contributed by atoms with Gasteiger partial charge in [0.2, 0.25) is 0 Å². The number of carbonyl (C=O) groups excluding carboxylic acids is 1. The molecule has 0 fully saturated rings. The SMILES string of the molecule is CN(CCCCc1ccccc1)C(=O)c1ccccc1N.Cl. The maximum Gasteiger partial charge on any atom is 0.255 e. The largest absolute Gasteiger partial charge is 0.398 e. The molecule has 0 aromatic heterocycles. The van der Waals surface area contributed by atoms with E-state index >= 15 is 0 Å². The highest BCUT2D eigenvalue weighted by Crippen LogP contribution is 2.13. The van der Waals surface area contributed by atoms with Crippen LogP contribution in [0.25, 0.3) is 0 Å². The van der Waals surface area contributed by atoms with E-state index in [0.717, 1.165) is 25.8 Å². The van der Waals surface area contributed by atoms with Gasteiger partial charge in [0, 0.05) is 19.3 Å². The van der Waals surface area contributed by atoms with Crippen LogP contribution in [0.2, 0.25) is 0 Å². The predicted octanol–water partition coefficient (Wildman–Crippen LogP) is 3.79. The second-order valence-electron chi connectivity index (χ2n) is 5.26. The van der Waals surface area contributed by atoms with Gasteiger partial charge in [-0.05, 0) is 37.0 Å². The van der Waals surface area contributed by atoms with Gasteiger partial charge in [0.05, 0.1) is 5.56 Å². The fourth-order valence-electron chi connectivity index (χ4n) is 2.32. The van der Waals surface area contributed by atoms with Crippen molar-refractivity contribution in [2.24, 2.45) is 0 Å². The molecule has 3 nitrogen and oxygen atoms in total. The van der Waals surface area contributed by atoms with Crippen LogP contribution in [0.1, 0.15) is 28.8 Å². The zero-order chi connectivity index (χ0) is 15.1. The van der Waals surface area contributed by atoms with Crippen LogP contribution in [-0.2, 0) is 6.42 Å². The van der Waals surface area contributed by atoms with Crippen molar-refractivity contribution < 1.29 is 4.79 Å². The standard InChI is InChI=1S/C18H22N2O.ClH/c1-20(18(21)16-12-5-6-13-17(16)19)14-8-7-11-15-9-3-2-4-10-15;/h2-6,9-10,12-13H,7-8,11,14,19H2,1H3;1H. The number of rotatable bonds is 6. The van der Waals surface area contributed by atoms with E-state index in [2.05, 4.69) is 24.3 Å². The van der Waals surface area contributed by atoms with Gasteiger partial charge in [-0.2, -0.15) is 0 Å². The zero-order valence-electron chi connectivity index (χ0n) is 12.9. The Morgan fingerprint density at radius 1 is 1.00 bits per heavy atom. The normalized spacial score (nSPS) is 9.86. The molecule has 0 unspecified atom stereocenters. The van der Waals surface area contributed by atoms with E-state index in [1.54, 1.807) is 17.0 Å². The summed E-state index contributed by atoms with van der Waals surface area (Å²) in [5.41, 5.74) is 8.32. The van der Waals surface area contributed by atoms with E-state index in [-0.39, 0.29) is 18.3 Å². The Morgan fingerprint density at radius 2 is 1.64 bits per heavy atom. The summed E-state index contributed by atoms with van der Waals surface area (Å²) in [5, 5.41) is 0. The van der Waals surface area contributed by atoms with Gasteiger partial charge in [-0.15, -0.1) is 12.4 Å². The molecule has 2 aromatic carbocycles. The molecule has 0 heterocycles. The van der Waals surface area contributed by atoms with Crippen LogP contribution in [0.3, 0.4) is 0 Å². The molecule has 0 aliphatic rings. The van der Waals surface area contributed by atoms with Crippen molar-refractivity contribution in [3.8, 4) is 0 Å². The highest BCUT2D eigenvalue weighted by Gasteiger charge is 2.13. The molecule has 2 N–H and O–H groups in total. The minimum absolute atomic E-state index is 0. The Hall–Kier alpha value is -2.00. The lowest BCUT2D eigenvalue weighted by molar-refractivity contribution is 0.0794. The molecule has 0 saturated heterocycles. The number of hydrogen-bond acceptors (Lipinski definition) is 2. The van der Waals surface area contributed by atoms with Crippen molar-refractivity contribution in [3.63, 3.8) is 0 Å². The number of para-hydroxylation sites is 1. The summed E-state index contributed by atoms with van der Waals surface area (Å²) in [4.78, 5) is 14.0. The minimum atomic E-state index is -0.00666. The molecule has 1 amide bonds. The number of halogens is 1. The highest BCUT2D eigenvalue weighted by atomic mass is 35.5. The van der Waals surface area contributed by atoms with Crippen molar-refractivity contribution in [1.82, 2.24) is 4.90 Å². The average molecular weight is 319 g/mol. The van der Waals surface area contributed by atoms with Gasteiger partial charge in [0.15, 0.2) is 0 Å². The fourth-order valence-corrected chi connectivity index (χ4v) is 2.32. The maximum atomic E-state index is 12.3. The number of aryl methyl sites for hydroxylation is 1. The average Bonchev–Trinajstić information content (AvgIpc) is 2.52. The summed E-state index contributed by atoms with van der Waals surface area (Å²) >= 11 is 0. The van der Waals surface area contributed by atoms with Crippen molar-refractivity contribution in [2.75, 3.05) is 19.3 Å². The monoisotopic (exact) mass is 318 g/mol. The Morgan fingerprint density at radius 3 is 2.32 bits per heavy atom. The number of carbonyl (C=O) groups is 1. The zero-order valence-corrected chi connectivity index (χ0v) is 13.7. The summed E-state index contributed by atoms with van der Waals surface area (Å²) in [6.07, 6.45) is 3.12. The van der Waals surface area contributed by atoms with Crippen molar-refractivity contribution in [2.45, 2.75) is 19.3 Å². The molecule has 0 atom stereocenters. The minimum Gasteiger partial charge on any atom is -0.398 e. The predicted molar refractivity (Wildman–Crippen MR) is 94.4 cm³/mol. The van der Waals surface area contributed by atoms with Gasteiger partial charge in [-0.25, -0.2) is 0 Å². The molecular formula is C18H23ClN2O.